The summed E-state index contributed by atoms with van der Waals surface area (Å²) in [7, 11) is 0. The molecule has 82 valence electrons. The predicted molar refractivity (Wildman–Crippen MR) is 70.8 cm³/mol. The SMILES string of the molecule is CC(C)C1CCC(C)(C2CC2)CC1I. The van der Waals surface area contributed by atoms with E-state index in [1.807, 2.05) is 0 Å². The highest BCUT2D eigenvalue weighted by molar-refractivity contribution is 14.1. The van der Waals surface area contributed by atoms with Crippen LogP contribution in [-0.4, -0.2) is 3.92 Å². The van der Waals surface area contributed by atoms with Crippen molar-refractivity contribution in [1.29, 1.82) is 0 Å². The van der Waals surface area contributed by atoms with Gasteiger partial charge in [-0.2, -0.15) is 0 Å². The fraction of sp³-hybridized carbons (Fsp3) is 1.00. The fourth-order valence-corrected chi connectivity index (χ4v) is 5.47. The molecule has 0 nitrogen and oxygen atoms in total. The maximum absolute atomic E-state index is 2.72. The van der Waals surface area contributed by atoms with Gasteiger partial charge in [0, 0.05) is 3.92 Å². The molecule has 0 heterocycles. The van der Waals surface area contributed by atoms with E-state index in [4.69, 9.17) is 0 Å². The van der Waals surface area contributed by atoms with Crippen LogP contribution in [0.15, 0.2) is 0 Å². The highest BCUT2D eigenvalue weighted by Crippen LogP contribution is 2.56. The van der Waals surface area contributed by atoms with Crippen molar-refractivity contribution < 1.29 is 0 Å². The van der Waals surface area contributed by atoms with Gasteiger partial charge in [-0.25, -0.2) is 0 Å². The third kappa shape index (κ3) is 2.12. The lowest BCUT2D eigenvalue weighted by Gasteiger charge is -2.42. The van der Waals surface area contributed by atoms with Gasteiger partial charge in [0.1, 0.15) is 0 Å². The van der Waals surface area contributed by atoms with Gasteiger partial charge >= 0.3 is 0 Å². The average molecular weight is 306 g/mol. The molecule has 0 N–H and O–H groups in total. The summed E-state index contributed by atoms with van der Waals surface area (Å²) < 4.78 is 0.937. The topological polar surface area (TPSA) is 0 Å². The largest absolute Gasteiger partial charge is 0.0823 e. The maximum atomic E-state index is 2.72. The second-order valence-corrected chi connectivity index (χ2v) is 7.69. The Morgan fingerprint density at radius 2 is 1.86 bits per heavy atom. The van der Waals surface area contributed by atoms with Crippen molar-refractivity contribution in [2.75, 3.05) is 0 Å². The summed E-state index contributed by atoms with van der Waals surface area (Å²) >= 11 is 2.72. The monoisotopic (exact) mass is 306 g/mol. The first kappa shape index (κ1) is 11.2. The first-order chi connectivity index (χ1) is 6.53. The van der Waals surface area contributed by atoms with Crippen LogP contribution < -0.4 is 0 Å². The Morgan fingerprint density at radius 1 is 1.21 bits per heavy atom. The first-order valence-electron chi connectivity index (χ1n) is 6.17. The van der Waals surface area contributed by atoms with E-state index in [1.54, 1.807) is 0 Å². The Kier molecular flexibility index (Phi) is 3.17. The quantitative estimate of drug-likeness (QED) is 0.514. The van der Waals surface area contributed by atoms with E-state index in [0.29, 0.717) is 0 Å². The molecule has 2 aliphatic rings. The zero-order valence-corrected chi connectivity index (χ0v) is 11.9. The van der Waals surface area contributed by atoms with Crippen LogP contribution in [0.4, 0.5) is 0 Å². The molecule has 1 heteroatoms. The van der Waals surface area contributed by atoms with Crippen LogP contribution in [0.1, 0.15) is 52.9 Å². The van der Waals surface area contributed by atoms with Crippen LogP contribution >= 0.6 is 22.6 Å². The van der Waals surface area contributed by atoms with Crippen LogP contribution in [0.25, 0.3) is 0 Å². The second kappa shape index (κ2) is 3.95. The standard InChI is InChI=1S/C13H23I/c1-9(2)11-6-7-13(3,8-12(11)14)10-4-5-10/h9-12H,4-8H2,1-3H3. The van der Waals surface area contributed by atoms with Crippen molar-refractivity contribution in [2.24, 2.45) is 23.2 Å². The number of rotatable bonds is 2. The zero-order valence-electron chi connectivity index (χ0n) is 9.72. The molecule has 2 fully saturated rings. The van der Waals surface area contributed by atoms with Gasteiger partial charge in [-0.1, -0.05) is 43.4 Å². The van der Waals surface area contributed by atoms with Gasteiger partial charge in [0.25, 0.3) is 0 Å². The first-order valence-corrected chi connectivity index (χ1v) is 7.41. The predicted octanol–water partition coefficient (Wildman–Crippen LogP) is 4.66. The van der Waals surface area contributed by atoms with Gasteiger partial charge in [0.15, 0.2) is 0 Å². The number of hydrogen-bond donors (Lipinski definition) is 0. The summed E-state index contributed by atoms with van der Waals surface area (Å²) in [5, 5.41) is 0. The molecule has 3 unspecified atom stereocenters. The van der Waals surface area contributed by atoms with Crippen LogP contribution in [-0.2, 0) is 0 Å². The van der Waals surface area contributed by atoms with Gasteiger partial charge in [0.05, 0.1) is 0 Å². The molecule has 0 spiro atoms. The molecule has 0 aromatic carbocycles. The van der Waals surface area contributed by atoms with E-state index < -0.39 is 0 Å². The molecule has 0 aromatic heterocycles. The minimum Gasteiger partial charge on any atom is -0.0823 e. The van der Waals surface area contributed by atoms with Gasteiger partial charge in [-0.05, 0) is 55.3 Å². The van der Waals surface area contributed by atoms with Crippen molar-refractivity contribution in [3.63, 3.8) is 0 Å². The molecular weight excluding hydrogens is 283 g/mol. The van der Waals surface area contributed by atoms with Crippen molar-refractivity contribution >= 4 is 22.6 Å². The van der Waals surface area contributed by atoms with Gasteiger partial charge in [-0.15, -0.1) is 0 Å². The molecule has 14 heavy (non-hydrogen) atoms. The van der Waals surface area contributed by atoms with Crippen LogP contribution in [0.2, 0.25) is 0 Å². The molecule has 3 atom stereocenters. The molecule has 2 aliphatic carbocycles. The van der Waals surface area contributed by atoms with E-state index in [1.165, 1.54) is 32.1 Å². The highest BCUT2D eigenvalue weighted by atomic mass is 127. The maximum Gasteiger partial charge on any atom is 0.0146 e. The van der Waals surface area contributed by atoms with E-state index in [9.17, 15) is 0 Å². The minimum atomic E-state index is 0.719. The fourth-order valence-electron chi connectivity index (χ4n) is 3.28. The molecule has 2 saturated carbocycles. The molecule has 2 rings (SSSR count). The minimum absolute atomic E-state index is 0.719. The van der Waals surface area contributed by atoms with Crippen LogP contribution in [0.5, 0.6) is 0 Å². The Bertz CT molecular complexity index is 207. The Morgan fingerprint density at radius 3 is 2.29 bits per heavy atom. The van der Waals surface area contributed by atoms with E-state index >= 15 is 0 Å². The van der Waals surface area contributed by atoms with Gasteiger partial charge in [0.2, 0.25) is 0 Å². The van der Waals surface area contributed by atoms with Crippen molar-refractivity contribution in [3.8, 4) is 0 Å². The van der Waals surface area contributed by atoms with E-state index in [0.717, 1.165) is 27.1 Å². The van der Waals surface area contributed by atoms with Crippen molar-refractivity contribution in [2.45, 2.75) is 56.8 Å². The molecule has 0 amide bonds. The van der Waals surface area contributed by atoms with Crippen LogP contribution in [0, 0.1) is 23.2 Å². The summed E-state index contributed by atoms with van der Waals surface area (Å²) in [4.78, 5) is 0. The van der Waals surface area contributed by atoms with E-state index in [-0.39, 0.29) is 0 Å². The lowest BCUT2D eigenvalue weighted by atomic mass is 9.66. The van der Waals surface area contributed by atoms with Gasteiger partial charge < -0.3 is 0 Å². The molecule has 0 aliphatic heterocycles. The number of halogens is 1. The Labute approximate surface area is 102 Å². The van der Waals surface area contributed by atoms with Crippen molar-refractivity contribution in [3.05, 3.63) is 0 Å². The number of alkyl halides is 1. The second-order valence-electron chi connectivity index (χ2n) is 6.09. The van der Waals surface area contributed by atoms with Crippen LogP contribution in [0.3, 0.4) is 0 Å². The van der Waals surface area contributed by atoms with Gasteiger partial charge in [-0.3, -0.25) is 0 Å². The van der Waals surface area contributed by atoms with E-state index in [2.05, 4.69) is 43.4 Å². The summed E-state index contributed by atoms with van der Waals surface area (Å²) in [6.07, 6.45) is 7.51. The number of hydrogen-bond acceptors (Lipinski definition) is 0. The molecule has 0 saturated heterocycles. The molecule has 0 bridgehead atoms. The summed E-state index contributed by atoms with van der Waals surface area (Å²) in [5.74, 6) is 2.97. The molecule has 0 aromatic rings. The average Bonchev–Trinajstić information content (AvgIpc) is 2.84. The lowest BCUT2D eigenvalue weighted by Crippen LogP contribution is -2.35. The lowest BCUT2D eigenvalue weighted by molar-refractivity contribution is 0.133. The highest BCUT2D eigenvalue weighted by Gasteiger charge is 2.46. The smallest absolute Gasteiger partial charge is 0.0146 e. The zero-order chi connectivity index (χ0) is 10.3. The molecule has 0 radical (unpaired) electrons. The summed E-state index contributed by atoms with van der Waals surface area (Å²) in [5.41, 5.74) is 0.719. The third-order valence-corrected chi connectivity index (χ3v) is 5.96. The van der Waals surface area contributed by atoms with Crippen molar-refractivity contribution in [1.82, 2.24) is 0 Å². The Balaban J connectivity index is 1.98. The third-order valence-electron chi connectivity index (χ3n) is 4.59. The summed E-state index contributed by atoms with van der Waals surface area (Å²) in [6.45, 7) is 7.35. The Hall–Kier alpha value is 0.730. The normalized spacial score (nSPS) is 44.4. The summed E-state index contributed by atoms with van der Waals surface area (Å²) in [6, 6.07) is 0. The molecular formula is C13H23I.